The molecule has 214 valence electrons. The first kappa shape index (κ1) is 31.0. The van der Waals surface area contributed by atoms with E-state index in [1.165, 1.54) is 23.7 Å². The number of benzene rings is 2. The van der Waals surface area contributed by atoms with Crippen molar-refractivity contribution in [3.05, 3.63) is 78.0 Å². The molecule has 0 N–H and O–H groups in total. The van der Waals surface area contributed by atoms with Crippen LogP contribution in [0.25, 0.3) is 21.8 Å². The smallest absolute Gasteiger partial charge is 0.123 e. The standard InChI is InChI=1S/C27H29FN6OS.2C2H6/c1-20-18-32(19-30-20)26-9-4-21(25-17-31-36-27(25)26)16-24-10-13-33(14-15-35-24)34(12-3-11-29-2)23-7-5-22(28)6-8-23;2*1-2/h4-9,16-19H,2-3,10-15H2,1H3;2*1-2H3/b24-16-;;. The summed E-state index contributed by atoms with van der Waals surface area (Å²) in [5.41, 5.74) is 4.11. The van der Waals surface area contributed by atoms with E-state index in [2.05, 4.69) is 49.3 Å². The molecule has 0 aliphatic carbocycles. The number of anilines is 1. The van der Waals surface area contributed by atoms with Crippen molar-refractivity contribution in [3.63, 3.8) is 0 Å². The van der Waals surface area contributed by atoms with Crippen LogP contribution in [0.4, 0.5) is 10.1 Å². The highest BCUT2D eigenvalue weighted by atomic mass is 32.1. The number of halogens is 1. The Morgan fingerprint density at radius 1 is 1.12 bits per heavy atom. The average Bonchev–Trinajstić information content (AvgIpc) is 3.60. The maximum atomic E-state index is 13.5. The quantitative estimate of drug-likeness (QED) is 0.163. The second-order valence-corrected chi connectivity index (χ2v) is 9.53. The molecule has 2 aromatic heterocycles. The molecule has 1 aliphatic heterocycles. The molecule has 4 aromatic rings. The first-order chi connectivity index (χ1) is 19.6. The summed E-state index contributed by atoms with van der Waals surface area (Å²) in [5, 5.41) is 5.59. The SMILES string of the molecule is C=NCCCN(c1ccc(F)cc1)N1CCO/C(=C\c2ccc(-n3cnc(C)c3)c3sncc23)CC1.CC.CC. The van der Waals surface area contributed by atoms with E-state index in [-0.39, 0.29) is 5.82 Å². The third kappa shape index (κ3) is 7.76. The van der Waals surface area contributed by atoms with Crippen molar-refractivity contribution in [2.45, 2.75) is 47.5 Å². The molecule has 0 saturated carbocycles. The van der Waals surface area contributed by atoms with Crippen LogP contribution in [0, 0.1) is 12.7 Å². The highest BCUT2D eigenvalue weighted by Crippen LogP contribution is 2.31. The van der Waals surface area contributed by atoms with Gasteiger partial charge < -0.3 is 19.3 Å². The summed E-state index contributed by atoms with van der Waals surface area (Å²) in [5.74, 6) is 0.711. The first-order valence-electron chi connectivity index (χ1n) is 14.0. The van der Waals surface area contributed by atoms with Gasteiger partial charge in [0, 0.05) is 43.8 Å². The maximum absolute atomic E-state index is 13.5. The predicted octanol–water partition coefficient (Wildman–Crippen LogP) is 7.56. The Bertz CT molecular complexity index is 1360. The maximum Gasteiger partial charge on any atom is 0.123 e. The zero-order chi connectivity index (χ0) is 28.9. The van der Waals surface area contributed by atoms with E-state index >= 15 is 0 Å². The van der Waals surface area contributed by atoms with E-state index in [4.69, 9.17) is 4.74 Å². The Kier molecular flexibility index (Phi) is 12.3. The molecule has 0 spiro atoms. The van der Waals surface area contributed by atoms with Crippen LogP contribution in [0.15, 0.2) is 65.9 Å². The third-order valence-electron chi connectivity index (χ3n) is 6.25. The highest BCUT2D eigenvalue weighted by Gasteiger charge is 2.20. The highest BCUT2D eigenvalue weighted by molar-refractivity contribution is 7.13. The normalized spacial score (nSPS) is 14.4. The van der Waals surface area contributed by atoms with E-state index in [9.17, 15) is 4.39 Å². The fraction of sp³-hybridized carbons (Fsp3) is 0.387. The molecule has 0 radical (unpaired) electrons. The van der Waals surface area contributed by atoms with Crippen LogP contribution in [0.2, 0.25) is 0 Å². The van der Waals surface area contributed by atoms with Gasteiger partial charge in [-0.1, -0.05) is 33.8 Å². The van der Waals surface area contributed by atoms with E-state index in [1.54, 1.807) is 0 Å². The number of fused-ring (bicyclic) bond motifs is 1. The van der Waals surface area contributed by atoms with Gasteiger partial charge >= 0.3 is 0 Å². The largest absolute Gasteiger partial charge is 0.496 e. The fourth-order valence-electron chi connectivity index (χ4n) is 4.46. The number of aliphatic imine (C=N–C) groups is 1. The zero-order valence-electron chi connectivity index (χ0n) is 24.3. The Morgan fingerprint density at radius 3 is 2.60 bits per heavy atom. The number of hydrogen-bond acceptors (Lipinski definition) is 7. The number of hydrazine groups is 1. The topological polar surface area (TPSA) is 58.8 Å². The van der Waals surface area contributed by atoms with E-state index in [1.807, 2.05) is 70.0 Å². The van der Waals surface area contributed by atoms with Crippen LogP contribution < -0.4 is 5.01 Å². The fourth-order valence-corrected chi connectivity index (χ4v) is 5.26. The number of imidazole rings is 1. The minimum atomic E-state index is -0.237. The van der Waals surface area contributed by atoms with E-state index < -0.39 is 0 Å². The molecule has 0 unspecified atom stereocenters. The lowest BCUT2D eigenvalue weighted by molar-refractivity contribution is 0.188. The van der Waals surface area contributed by atoms with E-state index in [0.29, 0.717) is 13.2 Å². The van der Waals surface area contributed by atoms with Gasteiger partial charge in [-0.2, -0.15) is 4.37 Å². The van der Waals surface area contributed by atoms with Gasteiger partial charge in [-0.15, -0.1) is 0 Å². The van der Waals surface area contributed by atoms with Crippen molar-refractivity contribution in [2.24, 2.45) is 4.99 Å². The number of aryl methyl sites for hydroxylation is 1. The van der Waals surface area contributed by atoms with Crippen LogP contribution in [-0.2, 0) is 4.74 Å². The van der Waals surface area contributed by atoms with Crippen molar-refractivity contribution in [3.8, 4) is 5.69 Å². The van der Waals surface area contributed by atoms with Crippen molar-refractivity contribution in [1.82, 2.24) is 18.9 Å². The number of ether oxygens (including phenoxy) is 1. The van der Waals surface area contributed by atoms with Crippen LogP contribution in [0.1, 0.15) is 51.8 Å². The number of rotatable bonds is 8. The molecule has 0 bridgehead atoms. The summed E-state index contributed by atoms with van der Waals surface area (Å²) in [6.45, 7) is 17.1. The van der Waals surface area contributed by atoms with Gasteiger partial charge in [0.05, 0.1) is 40.4 Å². The molecule has 0 atom stereocenters. The summed E-state index contributed by atoms with van der Waals surface area (Å²) in [6, 6.07) is 10.9. The monoisotopic (exact) mass is 564 g/mol. The summed E-state index contributed by atoms with van der Waals surface area (Å²) in [4.78, 5) is 8.35. The van der Waals surface area contributed by atoms with Crippen LogP contribution >= 0.6 is 11.5 Å². The van der Waals surface area contributed by atoms with Crippen LogP contribution in [0.3, 0.4) is 0 Å². The van der Waals surface area contributed by atoms with Gasteiger partial charge in [-0.05, 0) is 73.6 Å². The Balaban J connectivity index is 0.00000106. The number of hydrogen-bond donors (Lipinski definition) is 0. The van der Waals surface area contributed by atoms with Crippen molar-refractivity contribution < 1.29 is 9.13 Å². The van der Waals surface area contributed by atoms with Crippen molar-refractivity contribution >= 4 is 40.1 Å². The summed E-state index contributed by atoms with van der Waals surface area (Å²) < 4.78 is 27.3. The molecule has 5 rings (SSSR count). The van der Waals surface area contributed by atoms with Crippen molar-refractivity contribution in [1.29, 1.82) is 0 Å². The number of nitrogens with zero attached hydrogens (tertiary/aromatic N) is 6. The van der Waals surface area contributed by atoms with Crippen LogP contribution in [-0.4, -0.2) is 58.4 Å². The Morgan fingerprint density at radius 2 is 1.90 bits per heavy atom. The second-order valence-electron chi connectivity index (χ2n) is 8.73. The van der Waals surface area contributed by atoms with Crippen molar-refractivity contribution in [2.75, 3.05) is 37.8 Å². The summed E-state index contributed by atoms with van der Waals surface area (Å²) in [6.07, 6.45) is 9.54. The van der Waals surface area contributed by atoms with Gasteiger partial charge in [0.15, 0.2) is 0 Å². The summed E-state index contributed by atoms with van der Waals surface area (Å²) >= 11 is 1.49. The Labute approximate surface area is 241 Å². The molecule has 40 heavy (non-hydrogen) atoms. The zero-order valence-corrected chi connectivity index (χ0v) is 25.1. The lowest BCUT2D eigenvalue weighted by Crippen LogP contribution is -2.45. The molecule has 1 saturated heterocycles. The molecular weight excluding hydrogens is 523 g/mol. The predicted molar refractivity (Wildman–Crippen MR) is 167 cm³/mol. The van der Waals surface area contributed by atoms with Gasteiger partial charge in [-0.3, -0.25) is 0 Å². The van der Waals surface area contributed by atoms with Gasteiger partial charge in [0.25, 0.3) is 0 Å². The molecule has 2 aromatic carbocycles. The van der Waals surface area contributed by atoms with Crippen LogP contribution in [0.5, 0.6) is 0 Å². The molecule has 3 heterocycles. The first-order valence-corrected chi connectivity index (χ1v) is 14.8. The lowest BCUT2D eigenvalue weighted by atomic mass is 10.1. The lowest BCUT2D eigenvalue weighted by Gasteiger charge is -2.35. The molecule has 1 fully saturated rings. The molecule has 9 heteroatoms. The molecule has 7 nitrogen and oxygen atoms in total. The van der Waals surface area contributed by atoms with Gasteiger partial charge in [0.1, 0.15) is 12.4 Å². The van der Waals surface area contributed by atoms with Gasteiger partial charge in [-0.25, -0.2) is 14.4 Å². The Hall–Kier alpha value is -3.56. The summed E-state index contributed by atoms with van der Waals surface area (Å²) in [7, 11) is 0. The van der Waals surface area contributed by atoms with E-state index in [0.717, 1.165) is 71.0 Å². The minimum Gasteiger partial charge on any atom is -0.496 e. The number of aromatic nitrogens is 3. The third-order valence-corrected chi connectivity index (χ3v) is 7.07. The van der Waals surface area contributed by atoms with Gasteiger partial charge in [0.2, 0.25) is 0 Å². The molecular formula is C31H41FN6OS. The second kappa shape index (κ2) is 15.9. The molecule has 1 aliphatic rings. The molecule has 0 amide bonds. The average molecular weight is 565 g/mol. The minimum absolute atomic E-state index is 0.237.